The molecule has 2 aromatic rings. The maximum Gasteiger partial charge on any atom is 0.329 e. The van der Waals surface area contributed by atoms with Crippen molar-refractivity contribution in [1.82, 2.24) is 20.3 Å². The Balaban J connectivity index is 2.23. The Bertz CT molecular complexity index is 818. The van der Waals surface area contributed by atoms with Gasteiger partial charge < -0.3 is 10.4 Å². The van der Waals surface area contributed by atoms with E-state index in [2.05, 4.69) is 15.6 Å². The van der Waals surface area contributed by atoms with E-state index in [1.54, 1.807) is 6.07 Å². The molecule has 1 unspecified atom stereocenters. The minimum absolute atomic E-state index is 0.0879. The number of hydrogen-bond donors (Lipinski definition) is 2. The molecule has 10 nitrogen and oxygen atoms in total. The number of rotatable bonds is 7. The molecule has 0 saturated heterocycles. The molecule has 2 rings (SSSR count). The summed E-state index contributed by atoms with van der Waals surface area (Å²) in [4.78, 5) is 33.9. The van der Waals surface area contributed by atoms with Crippen LogP contribution in [-0.2, 0) is 4.79 Å². The molecule has 0 aliphatic heterocycles. The maximum absolute atomic E-state index is 12.3. The lowest BCUT2D eigenvalue weighted by Crippen LogP contribution is -2.52. The van der Waals surface area contributed by atoms with Gasteiger partial charge in [-0.15, -0.1) is 5.10 Å². The molecule has 0 radical (unpaired) electrons. The van der Waals surface area contributed by atoms with Crippen molar-refractivity contribution < 1.29 is 19.6 Å². The van der Waals surface area contributed by atoms with Crippen LogP contribution in [0.1, 0.15) is 37.2 Å². The van der Waals surface area contributed by atoms with Gasteiger partial charge in [0.25, 0.3) is 11.6 Å². The number of benzene rings is 1. The fourth-order valence-corrected chi connectivity index (χ4v) is 2.28. The quantitative estimate of drug-likeness (QED) is 0.572. The zero-order valence-electron chi connectivity index (χ0n) is 13.7. The van der Waals surface area contributed by atoms with Gasteiger partial charge in [0.2, 0.25) is 0 Å². The third kappa shape index (κ3) is 3.97. The highest BCUT2D eigenvalue weighted by Crippen LogP contribution is 2.17. The van der Waals surface area contributed by atoms with Crippen molar-refractivity contribution in [1.29, 1.82) is 0 Å². The summed E-state index contributed by atoms with van der Waals surface area (Å²) in [6, 6.07) is 5.67. The van der Waals surface area contributed by atoms with Gasteiger partial charge in [-0.3, -0.25) is 14.9 Å². The van der Waals surface area contributed by atoms with Gasteiger partial charge in [-0.1, -0.05) is 24.6 Å². The van der Waals surface area contributed by atoms with Crippen LogP contribution in [-0.4, -0.2) is 42.4 Å². The Hall–Kier alpha value is -3.30. The number of carboxylic acids is 1. The van der Waals surface area contributed by atoms with Crippen LogP contribution in [0.3, 0.4) is 0 Å². The molecule has 0 aliphatic rings. The molecule has 1 atom stereocenters. The number of non-ortho nitro benzene ring substituents is 1. The van der Waals surface area contributed by atoms with Crippen LogP contribution in [0.5, 0.6) is 0 Å². The van der Waals surface area contributed by atoms with Crippen molar-refractivity contribution in [3.63, 3.8) is 0 Å². The van der Waals surface area contributed by atoms with Crippen molar-refractivity contribution in [3.8, 4) is 5.69 Å². The maximum atomic E-state index is 12.3. The Morgan fingerprint density at radius 2 is 2.16 bits per heavy atom. The lowest BCUT2D eigenvalue weighted by Gasteiger charge is -2.25. The van der Waals surface area contributed by atoms with Crippen molar-refractivity contribution in [2.45, 2.75) is 32.2 Å². The average molecular weight is 347 g/mol. The monoisotopic (exact) mass is 347 g/mol. The SMILES string of the molecule is CCCC(C)(NC(=O)c1cn(-c2cccc([N+](=O)[O-])c2)nn1)C(=O)O. The van der Waals surface area contributed by atoms with Crippen molar-refractivity contribution >= 4 is 17.6 Å². The highest BCUT2D eigenvalue weighted by atomic mass is 16.6. The summed E-state index contributed by atoms with van der Waals surface area (Å²) in [5, 5.41) is 30.0. The molecule has 1 aromatic carbocycles. The second kappa shape index (κ2) is 7.07. The Morgan fingerprint density at radius 3 is 2.76 bits per heavy atom. The van der Waals surface area contributed by atoms with E-state index < -0.39 is 22.3 Å². The number of hydrogen-bond acceptors (Lipinski definition) is 6. The first-order valence-corrected chi connectivity index (χ1v) is 7.50. The fraction of sp³-hybridized carbons (Fsp3) is 0.333. The normalized spacial score (nSPS) is 13.0. The predicted octanol–water partition coefficient (Wildman–Crippen LogP) is 1.55. The minimum Gasteiger partial charge on any atom is -0.480 e. The van der Waals surface area contributed by atoms with Crippen molar-refractivity contribution in [2.75, 3.05) is 0 Å². The van der Waals surface area contributed by atoms with Gasteiger partial charge >= 0.3 is 5.97 Å². The van der Waals surface area contributed by atoms with Crippen molar-refractivity contribution in [3.05, 3.63) is 46.3 Å². The van der Waals surface area contributed by atoms with E-state index >= 15 is 0 Å². The molecule has 0 bridgehead atoms. The van der Waals surface area contributed by atoms with E-state index in [0.29, 0.717) is 12.1 Å². The number of aromatic nitrogens is 3. The Kier molecular flexibility index (Phi) is 5.11. The Morgan fingerprint density at radius 1 is 1.44 bits per heavy atom. The molecule has 0 fully saturated rings. The van der Waals surface area contributed by atoms with Crippen LogP contribution in [0.15, 0.2) is 30.5 Å². The Labute approximate surface area is 142 Å². The molecule has 25 heavy (non-hydrogen) atoms. The summed E-state index contributed by atoms with van der Waals surface area (Å²) in [6.45, 7) is 3.23. The molecule has 0 saturated carbocycles. The second-order valence-corrected chi connectivity index (χ2v) is 5.67. The zero-order chi connectivity index (χ0) is 18.6. The third-order valence-electron chi connectivity index (χ3n) is 3.64. The van der Waals surface area contributed by atoms with Gasteiger partial charge in [0.15, 0.2) is 5.69 Å². The summed E-state index contributed by atoms with van der Waals surface area (Å²) in [5.74, 6) is -1.83. The summed E-state index contributed by atoms with van der Waals surface area (Å²) in [7, 11) is 0. The van der Waals surface area contributed by atoms with Gasteiger partial charge in [-0.25, -0.2) is 9.48 Å². The number of carbonyl (C=O) groups excluding carboxylic acids is 1. The number of carboxylic acid groups (broad SMARTS) is 1. The summed E-state index contributed by atoms with van der Waals surface area (Å²) in [5.41, 5.74) is -1.27. The third-order valence-corrected chi connectivity index (χ3v) is 3.64. The first kappa shape index (κ1) is 18.0. The fourth-order valence-electron chi connectivity index (χ4n) is 2.28. The smallest absolute Gasteiger partial charge is 0.329 e. The summed E-state index contributed by atoms with van der Waals surface area (Å²) in [6.07, 6.45) is 2.11. The van der Waals surface area contributed by atoms with E-state index in [9.17, 15) is 24.8 Å². The zero-order valence-corrected chi connectivity index (χ0v) is 13.7. The van der Waals surface area contributed by atoms with E-state index in [4.69, 9.17) is 0 Å². The summed E-state index contributed by atoms with van der Waals surface area (Å²) >= 11 is 0. The van der Waals surface area contributed by atoms with Crippen LogP contribution in [0.25, 0.3) is 5.69 Å². The predicted molar refractivity (Wildman–Crippen MR) is 86.4 cm³/mol. The number of carbonyl (C=O) groups is 2. The largest absolute Gasteiger partial charge is 0.480 e. The van der Waals surface area contributed by atoms with E-state index in [1.165, 1.54) is 36.0 Å². The van der Waals surface area contributed by atoms with Crippen LogP contribution in [0.4, 0.5) is 5.69 Å². The molecule has 2 N–H and O–H groups in total. The van der Waals surface area contributed by atoms with Gasteiger partial charge in [-0.05, 0) is 19.4 Å². The van der Waals surface area contributed by atoms with Crippen LogP contribution in [0, 0.1) is 10.1 Å². The van der Waals surface area contributed by atoms with Crippen LogP contribution >= 0.6 is 0 Å². The molecule has 10 heteroatoms. The first-order valence-electron chi connectivity index (χ1n) is 7.50. The lowest BCUT2D eigenvalue weighted by atomic mass is 9.96. The molecular formula is C15H17N5O5. The minimum atomic E-state index is -1.42. The highest BCUT2D eigenvalue weighted by molar-refractivity contribution is 5.96. The topological polar surface area (TPSA) is 140 Å². The van der Waals surface area contributed by atoms with Crippen LogP contribution in [0.2, 0.25) is 0 Å². The number of nitrogens with one attached hydrogen (secondary N) is 1. The lowest BCUT2D eigenvalue weighted by molar-refractivity contribution is -0.384. The van der Waals surface area contributed by atoms with Crippen LogP contribution < -0.4 is 5.32 Å². The molecule has 0 spiro atoms. The van der Waals surface area contributed by atoms with Gasteiger partial charge in [0, 0.05) is 12.1 Å². The van der Waals surface area contributed by atoms with E-state index in [-0.39, 0.29) is 17.8 Å². The van der Waals surface area contributed by atoms with Gasteiger partial charge in [0.1, 0.15) is 5.54 Å². The summed E-state index contributed by atoms with van der Waals surface area (Å²) < 4.78 is 1.21. The molecule has 1 amide bonds. The molecule has 1 heterocycles. The number of aliphatic carboxylic acids is 1. The van der Waals surface area contributed by atoms with Gasteiger partial charge in [-0.2, -0.15) is 0 Å². The standard InChI is InChI=1S/C15H17N5O5/c1-3-7-15(2,14(22)23)16-13(21)12-9-19(18-17-12)10-5-4-6-11(8-10)20(24)25/h4-6,8-9H,3,7H2,1-2H3,(H,16,21)(H,22,23). The highest BCUT2D eigenvalue weighted by Gasteiger charge is 2.34. The van der Waals surface area contributed by atoms with E-state index in [0.717, 1.165) is 0 Å². The van der Waals surface area contributed by atoms with Gasteiger partial charge in [0.05, 0.1) is 16.8 Å². The molecule has 0 aliphatic carbocycles. The molecule has 1 aromatic heterocycles. The number of amides is 1. The molecular weight excluding hydrogens is 330 g/mol. The van der Waals surface area contributed by atoms with Crippen molar-refractivity contribution in [2.24, 2.45) is 0 Å². The number of nitro benzene ring substituents is 1. The molecule has 132 valence electrons. The number of nitrogens with zero attached hydrogens (tertiary/aromatic N) is 4. The first-order chi connectivity index (χ1) is 11.8. The second-order valence-electron chi connectivity index (χ2n) is 5.67. The number of nitro groups is 1. The average Bonchev–Trinajstić information content (AvgIpc) is 3.05. The van der Waals surface area contributed by atoms with E-state index in [1.807, 2.05) is 6.92 Å².